The van der Waals surface area contributed by atoms with Crippen LogP contribution >= 0.6 is 0 Å². The zero-order valence-corrected chi connectivity index (χ0v) is 15.7. The van der Waals surface area contributed by atoms with Crippen molar-refractivity contribution in [1.29, 1.82) is 0 Å². The second-order valence-corrected chi connectivity index (χ2v) is 6.88. The van der Waals surface area contributed by atoms with Crippen LogP contribution in [-0.4, -0.2) is 25.1 Å². The summed E-state index contributed by atoms with van der Waals surface area (Å²) < 4.78 is 10.6. The number of hydrogen-bond acceptors (Lipinski definition) is 4. The van der Waals surface area contributed by atoms with Gasteiger partial charge in [-0.05, 0) is 48.2 Å². The van der Waals surface area contributed by atoms with E-state index in [0.29, 0.717) is 23.6 Å². The minimum absolute atomic E-state index is 0.0734. The lowest BCUT2D eigenvalue weighted by Gasteiger charge is -2.22. The zero-order chi connectivity index (χ0) is 19.2. The fourth-order valence-corrected chi connectivity index (χ4v) is 2.46. The van der Waals surface area contributed by atoms with E-state index in [0.717, 1.165) is 5.56 Å². The maximum Gasteiger partial charge on any atom is 0.338 e. The van der Waals surface area contributed by atoms with Crippen LogP contribution in [0.25, 0.3) is 0 Å². The molecule has 0 atom stereocenters. The number of hydrogen-bond donors (Lipinski definition) is 1. The Morgan fingerprint density at radius 1 is 1.00 bits per heavy atom. The summed E-state index contributed by atoms with van der Waals surface area (Å²) in [7, 11) is 0. The first-order valence-corrected chi connectivity index (χ1v) is 8.60. The summed E-state index contributed by atoms with van der Waals surface area (Å²) >= 11 is 0. The number of ether oxygens (including phenoxy) is 2. The van der Waals surface area contributed by atoms with Crippen molar-refractivity contribution in [2.45, 2.75) is 33.1 Å². The number of benzene rings is 2. The molecule has 5 nitrogen and oxygen atoms in total. The highest BCUT2D eigenvalue weighted by Crippen LogP contribution is 2.30. The average Bonchev–Trinajstić information content (AvgIpc) is 2.60. The highest BCUT2D eigenvalue weighted by molar-refractivity contribution is 5.93. The number of carbonyl (C=O) groups excluding carboxylic acids is 2. The summed E-state index contributed by atoms with van der Waals surface area (Å²) in [6.45, 7) is 8.28. The summed E-state index contributed by atoms with van der Waals surface area (Å²) in [5.74, 6) is 0.0536. The Hall–Kier alpha value is -2.82. The van der Waals surface area contributed by atoms with E-state index in [4.69, 9.17) is 9.47 Å². The molecule has 0 aromatic heterocycles. The lowest BCUT2D eigenvalue weighted by atomic mass is 9.86. The lowest BCUT2D eigenvalue weighted by molar-refractivity contribution is -0.118. The van der Waals surface area contributed by atoms with Crippen molar-refractivity contribution in [3.05, 3.63) is 59.7 Å². The SMILES string of the molecule is CCOC(=O)c1ccc(NC(=O)COc2ccccc2C(C)(C)C)cc1. The van der Waals surface area contributed by atoms with Crippen LogP contribution < -0.4 is 10.1 Å². The predicted molar refractivity (Wildman–Crippen MR) is 102 cm³/mol. The summed E-state index contributed by atoms with van der Waals surface area (Å²) in [5, 5.41) is 2.75. The van der Waals surface area contributed by atoms with Crippen LogP contribution in [0.1, 0.15) is 43.6 Å². The van der Waals surface area contributed by atoms with Gasteiger partial charge in [-0.3, -0.25) is 4.79 Å². The number of rotatable bonds is 6. The van der Waals surface area contributed by atoms with E-state index in [1.807, 2.05) is 24.3 Å². The first-order valence-electron chi connectivity index (χ1n) is 8.60. The fourth-order valence-electron chi connectivity index (χ4n) is 2.46. The molecule has 0 radical (unpaired) electrons. The van der Waals surface area contributed by atoms with Crippen LogP contribution in [0.15, 0.2) is 48.5 Å². The quantitative estimate of drug-likeness (QED) is 0.790. The van der Waals surface area contributed by atoms with Crippen molar-refractivity contribution >= 4 is 17.6 Å². The molecule has 0 aliphatic rings. The Balaban J connectivity index is 1.95. The van der Waals surface area contributed by atoms with Gasteiger partial charge in [-0.1, -0.05) is 39.0 Å². The number of amides is 1. The molecule has 2 rings (SSSR count). The molecule has 26 heavy (non-hydrogen) atoms. The van der Waals surface area contributed by atoms with Crippen LogP contribution in [0.2, 0.25) is 0 Å². The number of para-hydroxylation sites is 1. The number of esters is 1. The van der Waals surface area contributed by atoms with Crippen molar-refractivity contribution in [3.8, 4) is 5.75 Å². The van der Waals surface area contributed by atoms with Crippen LogP contribution in [0.5, 0.6) is 5.75 Å². The molecule has 0 spiro atoms. The molecule has 0 heterocycles. The fraction of sp³-hybridized carbons (Fsp3) is 0.333. The number of anilines is 1. The molecule has 5 heteroatoms. The van der Waals surface area contributed by atoms with Crippen LogP contribution in [0.4, 0.5) is 5.69 Å². The van der Waals surface area contributed by atoms with Crippen LogP contribution in [0, 0.1) is 0 Å². The Morgan fingerprint density at radius 3 is 2.27 bits per heavy atom. The van der Waals surface area contributed by atoms with Crippen LogP contribution in [-0.2, 0) is 14.9 Å². The van der Waals surface area contributed by atoms with Gasteiger partial charge in [0, 0.05) is 5.69 Å². The molecule has 0 saturated heterocycles. The second kappa shape index (κ2) is 8.52. The van der Waals surface area contributed by atoms with Crippen molar-refractivity contribution in [1.82, 2.24) is 0 Å². The Kier molecular flexibility index (Phi) is 6.39. The van der Waals surface area contributed by atoms with Gasteiger partial charge in [-0.25, -0.2) is 4.79 Å². The number of nitrogens with one attached hydrogen (secondary N) is 1. The summed E-state index contributed by atoms with van der Waals surface area (Å²) in [6.07, 6.45) is 0. The van der Waals surface area contributed by atoms with Crippen molar-refractivity contribution < 1.29 is 19.1 Å². The second-order valence-electron chi connectivity index (χ2n) is 6.88. The molecule has 0 unspecified atom stereocenters. The molecule has 0 saturated carbocycles. The maximum absolute atomic E-state index is 12.1. The Bertz CT molecular complexity index is 760. The third-order valence-corrected chi connectivity index (χ3v) is 3.73. The first kappa shape index (κ1) is 19.5. The van der Waals surface area contributed by atoms with Gasteiger partial charge in [-0.2, -0.15) is 0 Å². The summed E-state index contributed by atoms with van der Waals surface area (Å²) in [5.41, 5.74) is 2.01. The average molecular weight is 355 g/mol. The molecule has 1 N–H and O–H groups in total. The first-order chi connectivity index (χ1) is 12.3. The molecule has 138 valence electrons. The van der Waals surface area contributed by atoms with Gasteiger partial charge < -0.3 is 14.8 Å². The van der Waals surface area contributed by atoms with E-state index in [1.165, 1.54) is 0 Å². The monoisotopic (exact) mass is 355 g/mol. The minimum Gasteiger partial charge on any atom is -0.483 e. The predicted octanol–water partition coefficient (Wildman–Crippen LogP) is 4.18. The van der Waals surface area contributed by atoms with Crippen molar-refractivity contribution in [2.24, 2.45) is 0 Å². The molecule has 0 aliphatic heterocycles. The van der Waals surface area contributed by atoms with E-state index >= 15 is 0 Å². The van der Waals surface area contributed by atoms with Gasteiger partial charge in [0.05, 0.1) is 12.2 Å². The normalized spacial score (nSPS) is 10.9. The van der Waals surface area contributed by atoms with E-state index in [1.54, 1.807) is 31.2 Å². The van der Waals surface area contributed by atoms with Gasteiger partial charge in [0.25, 0.3) is 5.91 Å². The molecule has 0 bridgehead atoms. The third kappa shape index (κ3) is 5.34. The zero-order valence-electron chi connectivity index (χ0n) is 15.7. The molecule has 2 aromatic carbocycles. The van der Waals surface area contributed by atoms with E-state index in [9.17, 15) is 9.59 Å². The third-order valence-electron chi connectivity index (χ3n) is 3.73. The maximum atomic E-state index is 12.1. The number of carbonyl (C=O) groups is 2. The van der Waals surface area contributed by atoms with Gasteiger partial charge in [0.1, 0.15) is 5.75 Å². The molecular formula is C21H25NO4. The highest BCUT2D eigenvalue weighted by atomic mass is 16.5. The minimum atomic E-state index is -0.382. The van der Waals surface area contributed by atoms with Gasteiger partial charge in [-0.15, -0.1) is 0 Å². The highest BCUT2D eigenvalue weighted by Gasteiger charge is 2.19. The van der Waals surface area contributed by atoms with E-state index < -0.39 is 0 Å². The molecule has 0 fully saturated rings. The molecule has 0 aliphatic carbocycles. The Morgan fingerprint density at radius 2 is 1.65 bits per heavy atom. The Labute approximate surface area is 154 Å². The lowest BCUT2D eigenvalue weighted by Crippen LogP contribution is -2.22. The molecular weight excluding hydrogens is 330 g/mol. The summed E-state index contributed by atoms with van der Waals surface area (Å²) in [6, 6.07) is 14.3. The van der Waals surface area contributed by atoms with E-state index in [2.05, 4.69) is 26.1 Å². The van der Waals surface area contributed by atoms with Gasteiger partial charge in [0.15, 0.2) is 6.61 Å². The largest absolute Gasteiger partial charge is 0.483 e. The smallest absolute Gasteiger partial charge is 0.338 e. The molecule has 2 aromatic rings. The van der Waals surface area contributed by atoms with Crippen molar-refractivity contribution in [3.63, 3.8) is 0 Å². The molecule has 1 amide bonds. The van der Waals surface area contributed by atoms with E-state index in [-0.39, 0.29) is 23.9 Å². The summed E-state index contributed by atoms with van der Waals surface area (Å²) in [4.78, 5) is 23.8. The standard InChI is InChI=1S/C21H25NO4/c1-5-25-20(24)15-10-12-16(13-11-15)22-19(23)14-26-18-9-7-6-8-17(18)21(2,3)4/h6-13H,5,14H2,1-4H3,(H,22,23). The van der Waals surface area contributed by atoms with Crippen molar-refractivity contribution in [2.75, 3.05) is 18.5 Å². The topological polar surface area (TPSA) is 64.6 Å². The van der Waals surface area contributed by atoms with Crippen LogP contribution in [0.3, 0.4) is 0 Å². The van der Waals surface area contributed by atoms with Gasteiger partial charge in [0.2, 0.25) is 0 Å². The van der Waals surface area contributed by atoms with Gasteiger partial charge >= 0.3 is 5.97 Å².